The molecule has 1 aromatic heterocycles. The van der Waals surface area contributed by atoms with Crippen molar-refractivity contribution in [1.82, 2.24) is 9.29 Å². The molecule has 2 N–H and O–H groups in total. The van der Waals surface area contributed by atoms with Crippen LogP contribution in [0.1, 0.15) is 12.8 Å². The molecule has 0 radical (unpaired) electrons. The molecular formula is C12H16F3N3O3S. The summed E-state index contributed by atoms with van der Waals surface area (Å²) in [6, 6.07) is 2.03. The fourth-order valence-electron chi connectivity index (χ4n) is 2.26. The van der Waals surface area contributed by atoms with Crippen LogP contribution in [0.3, 0.4) is 0 Å². The van der Waals surface area contributed by atoms with Crippen molar-refractivity contribution in [2.75, 3.05) is 19.7 Å². The molecule has 1 saturated heterocycles. The highest BCUT2D eigenvalue weighted by Crippen LogP contribution is 2.26. The Bertz CT molecular complexity index is 604. The zero-order chi connectivity index (χ0) is 16.4. The van der Waals surface area contributed by atoms with Gasteiger partial charge in [-0.25, -0.2) is 13.4 Å². The molecule has 1 fully saturated rings. The molecule has 22 heavy (non-hydrogen) atoms. The second-order valence-corrected chi connectivity index (χ2v) is 6.77. The SMILES string of the molecule is NCC1CCCN1S(=O)(=O)c1ccc(OCC(F)(F)F)nc1. The van der Waals surface area contributed by atoms with Gasteiger partial charge in [-0.1, -0.05) is 0 Å². The van der Waals surface area contributed by atoms with E-state index >= 15 is 0 Å². The van der Waals surface area contributed by atoms with E-state index in [1.54, 1.807) is 0 Å². The Balaban J connectivity index is 2.12. The molecule has 1 aliphatic rings. The molecule has 1 atom stereocenters. The van der Waals surface area contributed by atoms with Gasteiger partial charge in [0.1, 0.15) is 4.90 Å². The number of nitrogens with zero attached hydrogens (tertiary/aromatic N) is 2. The maximum Gasteiger partial charge on any atom is 0.422 e. The standard InChI is InChI=1S/C12H16F3N3O3S/c13-12(14,15)8-21-11-4-3-10(7-17-11)22(19,20)18-5-1-2-9(18)6-16/h3-4,7,9H,1-2,5-6,8,16H2. The molecule has 6 nitrogen and oxygen atoms in total. The van der Waals surface area contributed by atoms with E-state index in [1.807, 2.05) is 0 Å². The van der Waals surface area contributed by atoms with Crippen molar-refractivity contribution in [3.8, 4) is 5.88 Å². The predicted octanol–water partition coefficient (Wildman–Crippen LogP) is 1.13. The zero-order valence-corrected chi connectivity index (χ0v) is 12.4. The lowest BCUT2D eigenvalue weighted by molar-refractivity contribution is -0.154. The number of halogens is 3. The molecule has 2 rings (SSSR count). The van der Waals surface area contributed by atoms with Gasteiger partial charge in [0.15, 0.2) is 6.61 Å². The normalized spacial score (nSPS) is 20.3. The largest absolute Gasteiger partial charge is 0.468 e. The molecule has 1 unspecified atom stereocenters. The summed E-state index contributed by atoms with van der Waals surface area (Å²) in [5.41, 5.74) is 5.56. The Morgan fingerprint density at radius 2 is 2.14 bits per heavy atom. The van der Waals surface area contributed by atoms with E-state index in [0.717, 1.165) is 18.7 Å². The summed E-state index contributed by atoms with van der Waals surface area (Å²) in [7, 11) is -3.75. The van der Waals surface area contributed by atoms with Crippen LogP contribution in [0.25, 0.3) is 0 Å². The molecule has 0 aromatic carbocycles. The summed E-state index contributed by atoms with van der Waals surface area (Å²) in [5, 5.41) is 0. The van der Waals surface area contributed by atoms with Crippen molar-refractivity contribution >= 4 is 10.0 Å². The second-order valence-electron chi connectivity index (χ2n) is 4.88. The monoisotopic (exact) mass is 339 g/mol. The number of ether oxygens (including phenoxy) is 1. The van der Waals surface area contributed by atoms with Crippen LogP contribution in [0.15, 0.2) is 23.2 Å². The van der Waals surface area contributed by atoms with Crippen molar-refractivity contribution in [1.29, 1.82) is 0 Å². The van der Waals surface area contributed by atoms with Gasteiger partial charge < -0.3 is 10.5 Å². The first-order valence-corrected chi connectivity index (χ1v) is 8.05. The van der Waals surface area contributed by atoms with E-state index in [1.165, 1.54) is 10.4 Å². The topological polar surface area (TPSA) is 85.5 Å². The molecule has 2 heterocycles. The van der Waals surface area contributed by atoms with Crippen molar-refractivity contribution in [3.63, 3.8) is 0 Å². The minimum absolute atomic E-state index is 0.0905. The van der Waals surface area contributed by atoms with Crippen LogP contribution in [0.2, 0.25) is 0 Å². The second kappa shape index (κ2) is 6.39. The number of hydrogen-bond donors (Lipinski definition) is 1. The van der Waals surface area contributed by atoms with Gasteiger partial charge in [-0.15, -0.1) is 0 Å². The first-order chi connectivity index (χ1) is 10.2. The van der Waals surface area contributed by atoms with Crippen LogP contribution in [-0.2, 0) is 10.0 Å². The van der Waals surface area contributed by atoms with Crippen molar-refractivity contribution < 1.29 is 26.3 Å². The minimum Gasteiger partial charge on any atom is -0.468 e. The number of nitrogens with two attached hydrogens (primary N) is 1. The molecule has 1 aromatic rings. The van der Waals surface area contributed by atoms with Crippen molar-refractivity contribution in [3.05, 3.63) is 18.3 Å². The third-order valence-corrected chi connectivity index (χ3v) is 5.23. The molecule has 0 bridgehead atoms. The molecule has 124 valence electrons. The van der Waals surface area contributed by atoms with E-state index < -0.39 is 22.8 Å². The van der Waals surface area contributed by atoms with E-state index in [2.05, 4.69) is 9.72 Å². The van der Waals surface area contributed by atoms with Crippen molar-refractivity contribution in [2.24, 2.45) is 5.73 Å². The number of alkyl halides is 3. The highest BCUT2D eigenvalue weighted by Gasteiger charge is 2.34. The van der Waals surface area contributed by atoms with Gasteiger partial charge in [-0.05, 0) is 18.9 Å². The van der Waals surface area contributed by atoms with Gasteiger partial charge in [0.05, 0.1) is 6.20 Å². The van der Waals surface area contributed by atoms with Crippen molar-refractivity contribution in [2.45, 2.75) is 30.0 Å². The van der Waals surface area contributed by atoms with E-state index in [0.29, 0.717) is 13.0 Å². The predicted molar refractivity (Wildman–Crippen MR) is 71.8 cm³/mol. The van der Waals surface area contributed by atoms with Crippen LogP contribution >= 0.6 is 0 Å². The Morgan fingerprint density at radius 3 is 2.68 bits per heavy atom. The Kier molecular flexibility index (Phi) is 4.93. The van der Waals surface area contributed by atoms with Gasteiger partial charge in [-0.3, -0.25) is 0 Å². The maximum atomic E-state index is 12.4. The highest BCUT2D eigenvalue weighted by atomic mass is 32.2. The Labute approximate surface area is 126 Å². The van der Waals surface area contributed by atoms with E-state index in [-0.39, 0.29) is 23.4 Å². The minimum atomic E-state index is -4.48. The van der Waals surface area contributed by atoms with Crippen LogP contribution in [0.5, 0.6) is 5.88 Å². The molecule has 0 saturated carbocycles. The summed E-state index contributed by atoms with van der Waals surface area (Å²) >= 11 is 0. The zero-order valence-electron chi connectivity index (χ0n) is 11.6. The van der Waals surface area contributed by atoms with Gasteiger partial charge in [0.25, 0.3) is 0 Å². The van der Waals surface area contributed by atoms with Crippen LogP contribution in [0.4, 0.5) is 13.2 Å². The fourth-order valence-corrected chi connectivity index (χ4v) is 3.91. The lowest BCUT2D eigenvalue weighted by atomic mass is 10.2. The molecular weight excluding hydrogens is 323 g/mol. The molecule has 10 heteroatoms. The van der Waals surface area contributed by atoms with Gasteiger partial charge in [-0.2, -0.15) is 17.5 Å². The van der Waals surface area contributed by atoms with Gasteiger partial charge in [0.2, 0.25) is 15.9 Å². The number of pyridine rings is 1. The third kappa shape index (κ3) is 3.87. The van der Waals surface area contributed by atoms with E-state index in [9.17, 15) is 21.6 Å². The summed E-state index contributed by atoms with van der Waals surface area (Å²) in [6.45, 7) is -0.885. The molecule has 0 aliphatic carbocycles. The first kappa shape index (κ1) is 17.0. The first-order valence-electron chi connectivity index (χ1n) is 6.61. The van der Waals surface area contributed by atoms with Crippen LogP contribution in [0, 0.1) is 0 Å². The number of rotatable bonds is 5. The molecule has 0 amide bonds. The lowest BCUT2D eigenvalue weighted by Crippen LogP contribution is -2.39. The Hall–Kier alpha value is -1.39. The summed E-state index contributed by atoms with van der Waals surface area (Å²) in [5.74, 6) is -0.284. The lowest BCUT2D eigenvalue weighted by Gasteiger charge is -2.22. The average Bonchev–Trinajstić information content (AvgIpc) is 2.94. The molecule has 1 aliphatic heterocycles. The van der Waals surface area contributed by atoms with Crippen LogP contribution < -0.4 is 10.5 Å². The quantitative estimate of drug-likeness (QED) is 0.869. The van der Waals surface area contributed by atoms with Crippen LogP contribution in [-0.4, -0.2) is 49.6 Å². The Morgan fingerprint density at radius 1 is 1.41 bits per heavy atom. The average molecular weight is 339 g/mol. The smallest absolute Gasteiger partial charge is 0.422 e. The molecule has 0 spiro atoms. The maximum absolute atomic E-state index is 12.4. The summed E-state index contributed by atoms with van der Waals surface area (Å²) in [6.07, 6.45) is -2.07. The fraction of sp³-hybridized carbons (Fsp3) is 0.583. The van der Waals surface area contributed by atoms with Gasteiger partial charge >= 0.3 is 6.18 Å². The number of hydrogen-bond acceptors (Lipinski definition) is 5. The highest BCUT2D eigenvalue weighted by molar-refractivity contribution is 7.89. The number of sulfonamides is 1. The third-order valence-electron chi connectivity index (χ3n) is 3.29. The van der Waals surface area contributed by atoms with E-state index in [4.69, 9.17) is 5.73 Å². The summed E-state index contributed by atoms with van der Waals surface area (Å²) in [4.78, 5) is 3.52. The van der Waals surface area contributed by atoms with Gasteiger partial charge in [0, 0.05) is 25.2 Å². The number of aromatic nitrogens is 1. The summed E-state index contributed by atoms with van der Waals surface area (Å²) < 4.78 is 66.7.